The van der Waals surface area contributed by atoms with Crippen molar-refractivity contribution in [3.63, 3.8) is 0 Å². The number of halogens is 1. The predicted molar refractivity (Wildman–Crippen MR) is 79.8 cm³/mol. The molecule has 3 atom stereocenters. The normalized spacial score (nSPS) is 28.9. The van der Waals surface area contributed by atoms with Gasteiger partial charge in [0, 0.05) is 19.1 Å². The zero-order chi connectivity index (χ0) is 13.9. The lowest BCUT2D eigenvalue weighted by atomic mass is 9.75. The summed E-state index contributed by atoms with van der Waals surface area (Å²) in [5.41, 5.74) is 7.32. The van der Waals surface area contributed by atoms with Crippen molar-refractivity contribution in [2.75, 3.05) is 19.6 Å². The van der Waals surface area contributed by atoms with E-state index in [-0.39, 0.29) is 11.9 Å². The van der Waals surface area contributed by atoms with Crippen molar-refractivity contribution in [2.24, 2.45) is 17.6 Å². The Morgan fingerprint density at radius 1 is 1.10 bits per heavy atom. The quantitative estimate of drug-likeness (QED) is 0.917. The summed E-state index contributed by atoms with van der Waals surface area (Å²) in [4.78, 5) is 2.51. The number of nitrogens with two attached hydrogens (primary N) is 1. The summed E-state index contributed by atoms with van der Waals surface area (Å²) >= 11 is 0. The Balaban J connectivity index is 1.56. The van der Waals surface area contributed by atoms with Gasteiger partial charge in [-0.25, -0.2) is 4.39 Å². The molecule has 1 saturated heterocycles. The fourth-order valence-electron chi connectivity index (χ4n) is 3.94. The van der Waals surface area contributed by atoms with Gasteiger partial charge in [-0.2, -0.15) is 0 Å². The lowest BCUT2D eigenvalue weighted by Crippen LogP contribution is -2.44. The molecule has 1 aromatic rings. The first kappa shape index (κ1) is 14.0. The number of hydrogen-bond donors (Lipinski definition) is 1. The maximum atomic E-state index is 12.9. The topological polar surface area (TPSA) is 29.3 Å². The molecule has 1 saturated carbocycles. The van der Waals surface area contributed by atoms with E-state index in [1.165, 1.54) is 57.3 Å². The van der Waals surface area contributed by atoms with Crippen LogP contribution in [0.15, 0.2) is 24.3 Å². The molecular formula is C17H25FN2. The molecular weight excluding hydrogens is 251 g/mol. The second-order valence-corrected chi connectivity index (χ2v) is 6.51. The third-order valence-electron chi connectivity index (χ3n) is 5.13. The largest absolute Gasteiger partial charge is 0.323 e. The van der Waals surface area contributed by atoms with Crippen LogP contribution in [0.2, 0.25) is 0 Å². The Bertz CT molecular complexity index is 431. The number of benzene rings is 1. The molecule has 110 valence electrons. The fourth-order valence-corrected chi connectivity index (χ4v) is 3.94. The smallest absolute Gasteiger partial charge is 0.123 e. The molecule has 1 aliphatic carbocycles. The maximum absolute atomic E-state index is 12.9. The van der Waals surface area contributed by atoms with E-state index in [4.69, 9.17) is 5.73 Å². The van der Waals surface area contributed by atoms with E-state index in [0.717, 1.165) is 23.9 Å². The van der Waals surface area contributed by atoms with Gasteiger partial charge in [0.15, 0.2) is 0 Å². The monoisotopic (exact) mass is 276 g/mol. The van der Waals surface area contributed by atoms with Crippen molar-refractivity contribution in [3.05, 3.63) is 35.6 Å². The van der Waals surface area contributed by atoms with Crippen LogP contribution in [0.3, 0.4) is 0 Å². The minimum atomic E-state index is -0.191. The van der Waals surface area contributed by atoms with E-state index >= 15 is 0 Å². The van der Waals surface area contributed by atoms with Crippen molar-refractivity contribution in [2.45, 2.75) is 38.1 Å². The molecule has 2 nitrogen and oxygen atoms in total. The molecule has 0 spiro atoms. The van der Waals surface area contributed by atoms with Crippen LogP contribution in [-0.4, -0.2) is 24.5 Å². The van der Waals surface area contributed by atoms with Crippen LogP contribution in [0.25, 0.3) is 0 Å². The summed E-state index contributed by atoms with van der Waals surface area (Å²) in [7, 11) is 0. The van der Waals surface area contributed by atoms with Gasteiger partial charge in [0.05, 0.1) is 0 Å². The van der Waals surface area contributed by atoms with E-state index in [1.54, 1.807) is 0 Å². The first-order chi connectivity index (χ1) is 9.72. The number of likely N-dealkylation sites (tertiary alicyclic amines) is 1. The second-order valence-electron chi connectivity index (χ2n) is 6.51. The number of fused-ring (bicyclic) bond motifs is 1. The van der Waals surface area contributed by atoms with Crippen molar-refractivity contribution >= 4 is 0 Å². The van der Waals surface area contributed by atoms with Gasteiger partial charge in [0.25, 0.3) is 0 Å². The van der Waals surface area contributed by atoms with Gasteiger partial charge in [-0.3, -0.25) is 0 Å². The molecule has 3 rings (SSSR count). The van der Waals surface area contributed by atoms with Crippen LogP contribution >= 0.6 is 0 Å². The minimum Gasteiger partial charge on any atom is -0.323 e. The van der Waals surface area contributed by atoms with E-state index in [1.807, 2.05) is 12.1 Å². The predicted octanol–water partition coefficient (Wildman–Crippen LogP) is 3.34. The van der Waals surface area contributed by atoms with Crippen molar-refractivity contribution in [3.8, 4) is 0 Å². The number of nitrogens with zero attached hydrogens (tertiary/aromatic N) is 1. The van der Waals surface area contributed by atoms with E-state index in [0.29, 0.717) is 0 Å². The fraction of sp³-hybridized carbons (Fsp3) is 0.647. The van der Waals surface area contributed by atoms with E-state index in [9.17, 15) is 4.39 Å². The Morgan fingerprint density at radius 2 is 1.80 bits per heavy atom. The summed E-state index contributed by atoms with van der Waals surface area (Å²) in [5, 5.41) is 0. The molecule has 20 heavy (non-hydrogen) atoms. The minimum absolute atomic E-state index is 0.00394. The van der Waals surface area contributed by atoms with Crippen LogP contribution in [0.4, 0.5) is 4.39 Å². The number of rotatable bonds is 3. The third-order valence-corrected chi connectivity index (χ3v) is 5.13. The first-order valence-electron chi connectivity index (χ1n) is 7.96. The van der Waals surface area contributed by atoms with Gasteiger partial charge in [-0.1, -0.05) is 31.4 Å². The SMILES string of the molecule is NC(CN1CCC2CCCCC2C1)c1ccc(F)cc1. The van der Waals surface area contributed by atoms with Gasteiger partial charge in [-0.15, -0.1) is 0 Å². The molecule has 2 fully saturated rings. The lowest BCUT2D eigenvalue weighted by molar-refractivity contribution is 0.0828. The molecule has 0 aromatic heterocycles. The summed E-state index contributed by atoms with van der Waals surface area (Å²) in [5.74, 6) is 1.66. The summed E-state index contributed by atoms with van der Waals surface area (Å²) in [6.45, 7) is 3.28. The highest BCUT2D eigenvalue weighted by molar-refractivity contribution is 5.19. The molecule has 0 radical (unpaired) electrons. The molecule has 3 unspecified atom stereocenters. The number of hydrogen-bond acceptors (Lipinski definition) is 2. The highest BCUT2D eigenvalue weighted by Crippen LogP contribution is 2.36. The van der Waals surface area contributed by atoms with Gasteiger partial charge in [0.2, 0.25) is 0 Å². The van der Waals surface area contributed by atoms with Crippen molar-refractivity contribution < 1.29 is 4.39 Å². The third kappa shape index (κ3) is 3.21. The summed E-state index contributed by atoms with van der Waals surface area (Å²) in [6, 6.07) is 6.63. The van der Waals surface area contributed by atoms with Crippen LogP contribution in [0, 0.1) is 17.7 Å². The van der Waals surface area contributed by atoms with Gasteiger partial charge in [-0.05, 0) is 48.9 Å². The molecule has 2 aliphatic rings. The summed E-state index contributed by atoms with van der Waals surface area (Å²) < 4.78 is 12.9. The van der Waals surface area contributed by atoms with E-state index in [2.05, 4.69) is 4.90 Å². The van der Waals surface area contributed by atoms with Crippen LogP contribution in [0.5, 0.6) is 0 Å². The van der Waals surface area contributed by atoms with Crippen molar-refractivity contribution in [1.82, 2.24) is 4.90 Å². The maximum Gasteiger partial charge on any atom is 0.123 e. The Morgan fingerprint density at radius 3 is 2.55 bits per heavy atom. The molecule has 1 aromatic carbocycles. The number of piperidine rings is 1. The van der Waals surface area contributed by atoms with Gasteiger partial charge >= 0.3 is 0 Å². The Hall–Kier alpha value is -0.930. The Kier molecular flexibility index (Phi) is 4.37. The van der Waals surface area contributed by atoms with E-state index < -0.39 is 0 Å². The highest BCUT2D eigenvalue weighted by atomic mass is 19.1. The highest BCUT2D eigenvalue weighted by Gasteiger charge is 2.31. The molecule has 2 N–H and O–H groups in total. The standard InChI is InChI=1S/C17H25FN2/c18-16-7-5-14(6-8-16)17(19)12-20-10-9-13-3-1-2-4-15(13)11-20/h5-8,13,15,17H,1-4,9-12,19H2. The van der Waals surface area contributed by atoms with Gasteiger partial charge < -0.3 is 10.6 Å². The molecule has 3 heteroatoms. The van der Waals surface area contributed by atoms with Crippen LogP contribution < -0.4 is 5.73 Å². The van der Waals surface area contributed by atoms with Crippen LogP contribution in [-0.2, 0) is 0 Å². The zero-order valence-corrected chi connectivity index (χ0v) is 12.1. The molecule has 1 heterocycles. The first-order valence-corrected chi connectivity index (χ1v) is 7.96. The molecule has 0 amide bonds. The average molecular weight is 276 g/mol. The molecule has 1 aliphatic heterocycles. The second kappa shape index (κ2) is 6.23. The molecule has 0 bridgehead atoms. The van der Waals surface area contributed by atoms with Crippen LogP contribution in [0.1, 0.15) is 43.7 Å². The zero-order valence-electron chi connectivity index (χ0n) is 12.1. The summed E-state index contributed by atoms with van der Waals surface area (Å²) in [6.07, 6.45) is 6.99. The lowest BCUT2D eigenvalue weighted by Gasteiger charge is -2.42. The van der Waals surface area contributed by atoms with Gasteiger partial charge in [0.1, 0.15) is 5.82 Å². The average Bonchev–Trinajstić information content (AvgIpc) is 2.48. The van der Waals surface area contributed by atoms with Crippen molar-refractivity contribution in [1.29, 1.82) is 0 Å². The Labute approximate surface area is 121 Å².